The number of methoxy groups -OCH3 is 1. The number of fused-ring (bicyclic) bond motifs is 2. The normalized spacial score (nSPS) is 18.2. The van der Waals surface area contributed by atoms with Gasteiger partial charge in [-0.15, -0.1) is 5.54 Å². The van der Waals surface area contributed by atoms with Crippen molar-refractivity contribution in [2.24, 2.45) is 5.92 Å². The van der Waals surface area contributed by atoms with E-state index in [0.29, 0.717) is 62.9 Å². The molecule has 2 aromatic carbocycles. The SMILES string of the molecule is COCOc1cc(-c2ncc3c(N(C)[C@H]4C[C@@H]4F)nc(OC[C@H](C)CN4CCNCC4)nc3c2F)c2c(C#C[Si](C(C)C)(C(C)C)C(C)C)c(F)ccc2c1. The molecule has 6 rings (SSSR count). The van der Waals surface area contributed by atoms with E-state index in [1.165, 1.54) is 19.4 Å². The number of pyridine rings is 1. The Bertz CT molecular complexity index is 2040. The molecule has 0 unspecified atom stereocenters. The number of nitrogens with zero attached hydrogens (tertiary/aromatic N) is 5. The topological polar surface area (TPSA) is 84.9 Å². The maximum atomic E-state index is 17.3. The Balaban J connectivity index is 1.52. The fraction of sp³-hybridized carbons (Fsp3) is 0.548. The average molecular weight is 777 g/mol. The molecule has 1 aliphatic carbocycles. The molecule has 1 aliphatic heterocycles. The van der Waals surface area contributed by atoms with E-state index in [1.54, 1.807) is 30.1 Å². The number of rotatable bonds is 14. The van der Waals surface area contributed by atoms with E-state index in [4.69, 9.17) is 14.2 Å². The van der Waals surface area contributed by atoms with Crippen molar-refractivity contribution in [2.45, 2.75) is 83.7 Å². The van der Waals surface area contributed by atoms with Gasteiger partial charge in [0, 0.05) is 76.4 Å². The van der Waals surface area contributed by atoms with Crippen molar-refractivity contribution in [3.63, 3.8) is 0 Å². The summed E-state index contributed by atoms with van der Waals surface area (Å²) in [6, 6.07) is 6.03. The van der Waals surface area contributed by atoms with Gasteiger partial charge in [-0.25, -0.2) is 13.2 Å². The number of hydrogen-bond acceptors (Lipinski definition) is 9. The lowest BCUT2D eigenvalue weighted by Crippen LogP contribution is -2.45. The van der Waals surface area contributed by atoms with Crippen LogP contribution in [0.4, 0.5) is 19.0 Å². The summed E-state index contributed by atoms with van der Waals surface area (Å²) in [5.41, 5.74) is 5.00. The maximum absolute atomic E-state index is 17.3. The Morgan fingerprint density at radius 1 is 1.00 bits per heavy atom. The number of piperazine rings is 1. The molecule has 0 bridgehead atoms. The Morgan fingerprint density at radius 3 is 2.33 bits per heavy atom. The monoisotopic (exact) mass is 776 g/mol. The van der Waals surface area contributed by atoms with Gasteiger partial charge in [-0.05, 0) is 40.2 Å². The molecule has 4 aromatic rings. The number of anilines is 1. The predicted molar refractivity (Wildman–Crippen MR) is 216 cm³/mol. The fourth-order valence-electron chi connectivity index (χ4n) is 8.39. The van der Waals surface area contributed by atoms with Crippen LogP contribution >= 0.6 is 0 Å². The van der Waals surface area contributed by atoms with Gasteiger partial charge in [0.05, 0.1) is 23.6 Å². The number of hydrogen-bond donors (Lipinski definition) is 1. The minimum Gasteiger partial charge on any atom is -0.468 e. The largest absolute Gasteiger partial charge is 0.468 e. The minimum absolute atomic E-state index is 0.00869. The van der Waals surface area contributed by atoms with Gasteiger partial charge in [0.15, 0.2) is 12.6 Å². The number of alkyl halides is 1. The van der Waals surface area contributed by atoms with Crippen LogP contribution in [0.3, 0.4) is 0 Å². The Kier molecular flexibility index (Phi) is 12.6. The second kappa shape index (κ2) is 17.0. The summed E-state index contributed by atoms with van der Waals surface area (Å²) in [5.74, 6) is 2.92. The summed E-state index contributed by atoms with van der Waals surface area (Å²) in [6.07, 6.45) is 0.826. The van der Waals surface area contributed by atoms with Crippen LogP contribution in [0.25, 0.3) is 32.9 Å². The maximum Gasteiger partial charge on any atom is 0.319 e. The first-order valence-corrected chi connectivity index (χ1v) is 21.7. The van der Waals surface area contributed by atoms with Crippen LogP contribution in [0.1, 0.15) is 60.5 Å². The van der Waals surface area contributed by atoms with E-state index in [9.17, 15) is 4.39 Å². The average Bonchev–Trinajstić information content (AvgIpc) is 3.89. The van der Waals surface area contributed by atoms with Gasteiger partial charge < -0.3 is 29.3 Å². The van der Waals surface area contributed by atoms with Crippen LogP contribution in [0.2, 0.25) is 16.6 Å². The van der Waals surface area contributed by atoms with E-state index in [2.05, 4.69) is 85.1 Å². The first-order valence-electron chi connectivity index (χ1n) is 19.5. The van der Waals surface area contributed by atoms with Crippen molar-refractivity contribution >= 4 is 35.6 Å². The van der Waals surface area contributed by atoms with E-state index in [-0.39, 0.29) is 35.5 Å². The number of nitrogens with one attached hydrogen (secondary N) is 1. The van der Waals surface area contributed by atoms with Crippen LogP contribution in [0, 0.1) is 29.0 Å². The molecular weight excluding hydrogens is 722 g/mol. The number of aromatic nitrogens is 3. The van der Waals surface area contributed by atoms with Crippen LogP contribution in [0.5, 0.6) is 11.8 Å². The summed E-state index contributed by atoms with van der Waals surface area (Å²) >= 11 is 0. The molecule has 296 valence electrons. The van der Waals surface area contributed by atoms with E-state index in [0.717, 1.165) is 32.7 Å². The zero-order chi connectivity index (χ0) is 39.6. The highest BCUT2D eigenvalue weighted by Crippen LogP contribution is 2.43. The van der Waals surface area contributed by atoms with Crippen molar-refractivity contribution in [3.05, 3.63) is 47.7 Å². The molecule has 2 aliphatic rings. The quantitative estimate of drug-likeness (QED) is 0.0776. The van der Waals surface area contributed by atoms with Gasteiger partial charge in [-0.3, -0.25) is 4.98 Å². The molecular formula is C42H55F3N6O3Si. The number of ether oxygens (including phenoxy) is 3. The standard InChI is InChI=1S/C42H55F3N6O3Si/c1-25(2)55(26(3)4,27(5)6)17-12-31-34(43)11-10-29-18-30(54-24-52-9)19-32(37(29)31)39-38(45)40-33(21-47-39)41(50(8)36-20-35(36)44)49-42(48-40)53-23-28(7)22-51-15-13-46-14-16-51/h10-11,18-19,21,25-28,35-36,46H,13-16,20,22-24H2,1-9H3/t28-,35+,36+/m1/s1. The van der Waals surface area contributed by atoms with Crippen molar-refractivity contribution < 1.29 is 27.4 Å². The Labute approximate surface area is 324 Å². The Hall–Kier alpha value is -3.96. The van der Waals surface area contributed by atoms with Crippen LogP contribution < -0.4 is 19.7 Å². The first-order chi connectivity index (χ1) is 26.3. The summed E-state index contributed by atoms with van der Waals surface area (Å²) in [4.78, 5) is 18.0. The third kappa shape index (κ3) is 8.43. The second-order valence-electron chi connectivity index (χ2n) is 16.1. The summed E-state index contributed by atoms with van der Waals surface area (Å²) < 4.78 is 65.0. The molecule has 2 fully saturated rings. The smallest absolute Gasteiger partial charge is 0.319 e. The summed E-state index contributed by atoms with van der Waals surface area (Å²) in [5, 5.41) is 4.71. The van der Waals surface area contributed by atoms with Crippen molar-refractivity contribution in [3.8, 4) is 34.5 Å². The van der Waals surface area contributed by atoms with Crippen molar-refractivity contribution in [1.29, 1.82) is 0 Å². The van der Waals surface area contributed by atoms with E-state index >= 15 is 8.78 Å². The van der Waals surface area contributed by atoms with Crippen LogP contribution in [-0.4, -0.2) is 100 Å². The molecule has 0 radical (unpaired) electrons. The first kappa shape index (κ1) is 40.7. The van der Waals surface area contributed by atoms with Gasteiger partial charge in [-0.1, -0.05) is 60.5 Å². The van der Waals surface area contributed by atoms with E-state index < -0.39 is 31.9 Å². The fourth-order valence-corrected chi connectivity index (χ4v) is 13.6. The predicted octanol–water partition coefficient (Wildman–Crippen LogP) is 8.14. The van der Waals surface area contributed by atoms with Gasteiger partial charge in [0.25, 0.3) is 0 Å². The van der Waals surface area contributed by atoms with Crippen LogP contribution in [0.15, 0.2) is 30.5 Å². The van der Waals surface area contributed by atoms with Crippen molar-refractivity contribution in [2.75, 3.05) is 65.2 Å². The molecule has 55 heavy (non-hydrogen) atoms. The highest BCUT2D eigenvalue weighted by atomic mass is 28.3. The third-order valence-electron chi connectivity index (χ3n) is 11.3. The van der Waals surface area contributed by atoms with Gasteiger partial charge in [-0.2, -0.15) is 9.97 Å². The molecule has 1 saturated heterocycles. The highest BCUT2D eigenvalue weighted by molar-refractivity contribution is 6.90. The van der Waals surface area contributed by atoms with Gasteiger partial charge in [0.2, 0.25) is 0 Å². The van der Waals surface area contributed by atoms with Crippen LogP contribution in [-0.2, 0) is 4.74 Å². The molecule has 3 heterocycles. The van der Waals surface area contributed by atoms with Gasteiger partial charge >= 0.3 is 6.01 Å². The number of halogens is 3. The molecule has 13 heteroatoms. The summed E-state index contributed by atoms with van der Waals surface area (Å²) in [6.45, 7) is 20.2. The number of benzene rings is 2. The molecule has 1 N–H and O–H groups in total. The van der Waals surface area contributed by atoms with Gasteiger partial charge in [0.1, 0.15) is 42.8 Å². The minimum atomic E-state index is -2.28. The molecule has 1 saturated carbocycles. The molecule has 9 nitrogen and oxygen atoms in total. The Morgan fingerprint density at radius 2 is 1.69 bits per heavy atom. The zero-order valence-corrected chi connectivity index (χ0v) is 34.6. The second-order valence-corrected chi connectivity index (χ2v) is 21.7. The highest BCUT2D eigenvalue weighted by Gasteiger charge is 2.43. The molecule has 0 amide bonds. The third-order valence-corrected chi connectivity index (χ3v) is 17.6. The lowest BCUT2D eigenvalue weighted by atomic mass is 9.95. The lowest BCUT2D eigenvalue weighted by molar-refractivity contribution is 0.0512. The molecule has 0 spiro atoms. The molecule has 2 aromatic heterocycles. The summed E-state index contributed by atoms with van der Waals surface area (Å²) in [7, 11) is 0.967. The van der Waals surface area contributed by atoms with Crippen molar-refractivity contribution in [1.82, 2.24) is 25.2 Å². The zero-order valence-electron chi connectivity index (χ0n) is 33.6. The molecule has 3 atom stereocenters. The lowest BCUT2D eigenvalue weighted by Gasteiger charge is -2.38. The van der Waals surface area contributed by atoms with E-state index in [1.807, 2.05) is 0 Å².